The van der Waals surface area contributed by atoms with E-state index in [2.05, 4.69) is 4.98 Å². The van der Waals surface area contributed by atoms with Gasteiger partial charge in [-0.25, -0.2) is 4.98 Å². The molecule has 162 valence electrons. The number of anilines is 1. The van der Waals surface area contributed by atoms with Gasteiger partial charge in [0.05, 0.1) is 11.9 Å². The number of fused-ring (bicyclic) bond motifs is 1. The van der Waals surface area contributed by atoms with Crippen molar-refractivity contribution in [2.24, 2.45) is 5.73 Å². The lowest BCUT2D eigenvalue weighted by Crippen LogP contribution is -2.12. The highest BCUT2D eigenvalue weighted by Crippen LogP contribution is 2.31. The molecular formula is C22H26F3N3OS. The second-order valence-electron chi connectivity index (χ2n) is 7.01. The van der Waals surface area contributed by atoms with Gasteiger partial charge >= 0.3 is 6.18 Å². The number of hydrogen-bond donors (Lipinski definition) is 2. The van der Waals surface area contributed by atoms with E-state index in [4.69, 9.17) is 11.5 Å². The maximum atomic E-state index is 12.4. The molecule has 8 heteroatoms. The van der Waals surface area contributed by atoms with Crippen molar-refractivity contribution in [3.05, 3.63) is 58.4 Å². The van der Waals surface area contributed by atoms with Gasteiger partial charge < -0.3 is 11.5 Å². The largest absolute Gasteiger partial charge is 0.433 e. The van der Waals surface area contributed by atoms with Gasteiger partial charge in [0.25, 0.3) is 0 Å². The molecule has 0 radical (unpaired) electrons. The number of pyridine rings is 1. The predicted octanol–water partition coefficient (Wildman–Crippen LogP) is 5.95. The smallest absolute Gasteiger partial charge is 0.398 e. The SMILES string of the molecule is C1CCCCC1.NC(=O)Cc1ccsc1.Nc1cc(C(F)(F)F)nc2ccccc12. The van der Waals surface area contributed by atoms with Crippen LogP contribution in [0.3, 0.4) is 0 Å². The van der Waals surface area contributed by atoms with E-state index >= 15 is 0 Å². The van der Waals surface area contributed by atoms with Crippen LogP contribution in [0, 0.1) is 0 Å². The van der Waals surface area contributed by atoms with Crippen molar-refractivity contribution in [3.8, 4) is 0 Å². The molecule has 1 saturated carbocycles. The summed E-state index contributed by atoms with van der Waals surface area (Å²) in [6.07, 6.45) is 4.90. The van der Waals surface area contributed by atoms with Crippen molar-refractivity contribution < 1.29 is 18.0 Å². The van der Waals surface area contributed by atoms with Crippen LogP contribution in [-0.4, -0.2) is 10.9 Å². The third kappa shape index (κ3) is 8.02. The van der Waals surface area contributed by atoms with E-state index in [0.717, 1.165) is 11.6 Å². The number of nitrogens with zero attached hydrogens (tertiary/aromatic N) is 1. The molecule has 1 aliphatic rings. The number of alkyl halides is 3. The number of nitrogens with two attached hydrogens (primary N) is 2. The van der Waals surface area contributed by atoms with Gasteiger partial charge in [-0.15, -0.1) is 0 Å². The van der Waals surface area contributed by atoms with E-state index in [1.54, 1.807) is 29.5 Å². The molecule has 1 aliphatic carbocycles. The average molecular weight is 438 g/mol. The van der Waals surface area contributed by atoms with Gasteiger partial charge in [0.15, 0.2) is 0 Å². The van der Waals surface area contributed by atoms with E-state index in [1.807, 2.05) is 16.8 Å². The number of para-hydroxylation sites is 1. The van der Waals surface area contributed by atoms with Crippen molar-refractivity contribution in [1.82, 2.24) is 4.98 Å². The molecule has 2 aromatic heterocycles. The van der Waals surface area contributed by atoms with Gasteiger partial charge in [0.1, 0.15) is 5.69 Å². The summed E-state index contributed by atoms with van der Waals surface area (Å²) >= 11 is 1.57. The highest BCUT2D eigenvalue weighted by Gasteiger charge is 2.33. The zero-order chi connectivity index (χ0) is 22.0. The van der Waals surface area contributed by atoms with E-state index < -0.39 is 11.9 Å². The Morgan fingerprint density at radius 2 is 1.63 bits per heavy atom. The van der Waals surface area contributed by atoms with Crippen LogP contribution >= 0.6 is 11.3 Å². The molecule has 0 spiro atoms. The van der Waals surface area contributed by atoms with Crippen molar-refractivity contribution in [3.63, 3.8) is 0 Å². The van der Waals surface area contributed by atoms with Crippen LogP contribution in [0.2, 0.25) is 0 Å². The van der Waals surface area contributed by atoms with Gasteiger partial charge in [-0.1, -0.05) is 56.7 Å². The highest BCUT2D eigenvalue weighted by atomic mass is 32.1. The van der Waals surface area contributed by atoms with Crippen LogP contribution in [0.5, 0.6) is 0 Å². The Morgan fingerprint density at radius 3 is 2.13 bits per heavy atom. The zero-order valence-corrected chi connectivity index (χ0v) is 17.4. The van der Waals surface area contributed by atoms with Crippen LogP contribution in [0.1, 0.15) is 49.8 Å². The maximum Gasteiger partial charge on any atom is 0.433 e. The number of rotatable bonds is 2. The number of benzene rings is 1. The van der Waals surface area contributed by atoms with Gasteiger partial charge in [-0.3, -0.25) is 4.79 Å². The lowest BCUT2D eigenvalue weighted by molar-refractivity contribution is -0.140. The Kier molecular flexibility index (Phi) is 9.11. The molecule has 1 fully saturated rings. The van der Waals surface area contributed by atoms with Crippen molar-refractivity contribution >= 4 is 33.8 Å². The first kappa shape index (κ1) is 23.7. The van der Waals surface area contributed by atoms with Gasteiger partial charge in [-0.2, -0.15) is 24.5 Å². The number of aromatic nitrogens is 1. The molecule has 4 N–H and O–H groups in total. The van der Waals surface area contributed by atoms with Gasteiger partial charge in [0, 0.05) is 11.1 Å². The summed E-state index contributed by atoms with van der Waals surface area (Å²) in [4.78, 5) is 13.8. The quantitative estimate of drug-likeness (QED) is 0.519. The minimum absolute atomic E-state index is 0.0907. The molecule has 4 rings (SSSR count). The monoisotopic (exact) mass is 437 g/mol. The number of halogens is 3. The molecule has 0 aliphatic heterocycles. The summed E-state index contributed by atoms with van der Waals surface area (Å²) in [6, 6.07) is 9.21. The minimum atomic E-state index is -4.46. The van der Waals surface area contributed by atoms with Crippen LogP contribution < -0.4 is 11.5 Å². The van der Waals surface area contributed by atoms with Crippen molar-refractivity contribution in [1.29, 1.82) is 0 Å². The van der Waals surface area contributed by atoms with Gasteiger partial charge in [-0.05, 0) is 34.5 Å². The molecule has 3 aromatic rings. The van der Waals surface area contributed by atoms with E-state index in [9.17, 15) is 18.0 Å². The summed E-state index contributed by atoms with van der Waals surface area (Å²) in [6.45, 7) is 0. The van der Waals surface area contributed by atoms with Crippen LogP contribution in [0.15, 0.2) is 47.2 Å². The number of primary amides is 1. The fourth-order valence-electron chi connectivity index (χ4n) is 3.00. The maximum absolute atomic E-state index is 12.4. The van der Waals surface area contributed by atoms with E-state index in [0.29, 0.717) is 11.8 Å². The second-order valence-corrected chi connectivity index (χ2v) is 7.79. The Hall–Kier alpha value is -2.61. The fraction of sp³-hybridized carbons (Fsp3) is 0.364. The molecule has 30 heavy (non-hydrogen) atoms. The minimum Gasteiger partial charge on any atom is -0.398 e. The second kappa shape index (κ2) is 11.5. The fourth-order valence-corrected chi connectivity index (χ4v) is 3.67. The zero-order valence-electron chi connectivity index (χ0n) is 16.6. The normalized spacial score (nSPS) is 13.6. The number of thiophene rings is 1. The van der Waals surface area contributed by atoms with E-state index in [-0.39, 0.29) is 17.1 Å². The number of nitrogen functional groups attached to an aromatic ring is 1. The van der Waals surface area contributed by atoms with Crippen LogP contribution in [0.4, 0.5) is 18.9 Å². The molecule has 1 amide bonds. The number of hydrogen-bond acceptors (Lipinski definition) is 4. The Bertz CT molecular complexity index is 912. The molecule has 2 heterocycles. The summed E-state index contributed by atoms with van der Waals surface area (Å²) in [5.74, 6) is -0.270. The lowest BCUT2D eigenvalue weighted by Gasteiger charge is -2.08. The molecule has 0 saturated heterocycles. The third-order valence-electron chi connectivity index (χ3n) is 4.50. The molecule has 0 atom stereocenters. The molecule has 4 nitrogen and oxygen atoms in total. The van der Waals surface area contributed by atoms with E-state index in [1.165, 1.54) is 44.6 Å². The average Bonchev–Trinajstić information content (AvgIpc) is 3.22. The Labute approximate surface area is 178 Å². The summed E-state index contributed by atoms with van der Waals surface area (Å²) < 4.78 is 37.1. The molecule has 1 aromatic carbocycles. The molecule has 0 unspecified atom stereocenters. The first-order valence-corrected chi connectivity index (χ1v) is 10.7. The van der Waals surface area contributed by atoms with Gasteiger partial charge in [0.2, 0.25) is 5.91 Å². The predicted molar refractivity (Wildman–Crippen MR) is 116 cm³/mol. The summed E-state index contributed by atoms with van der Waals surface area (Å²) in [5, 5.41) is 4.38. The Balaban J connectivity index is 0.000000180. The van der Waals surface area contributed by atoms with Crippen molar-refractivity contribution in [2.75, 3.05) is 5.73 Å². The lowest BCUT2D eigenvalue weighted by atomic mass is 10.0. The van der Waals surface area contributed by atoms with Crippen LogP contribution in [0.25, 0.3) is 10.9 Å². The number of carbonyl (C=O) groups excluding carboxylic acids is 1. The standard InChI is InChI=1S/C10H7F3N2.C6H7NOS.C6H12/c11-10(12,13)9-5-7(14)6-3-1-2-4-8(6)15-9;7-6(8)3-5-1-2-9-4-5;1-2-4-6-5-3-1/h1-5H,(H2,14,15);1-2,4H,3H2,(H2,7,8);1-6H2. The highest BCUT2D eigenvalue weighted by molar-refractivity contribution is 7.08. The number of carbonyl (C=O) groups is 1. The summed E-state index contributed by atoms with van der Waals surface area (Å²) in [5.41, 5.74) is 10.9. The Morgan fingerprint density at radius 1 is 1.03 bits per heavy atom. The molecular weight excluding hydrogens is 411 g/mol. The topological polar surface area (TPSA) is 82.0 Å². The first-order valence-electron chi connectivity index (χ1n) is 9.79. The summed E-state index contributed by atoms with van der Waals surface area (Å²) in [7, 11) is 0. The first-order chi connectivity index (χ1) is 14.3. The van der Waals surface area contributed by atoms with Crippen LogP contribution in [-0.2, 0) is 17.4 Å². The molecule has 0 bridgehead atoms. The number of amides is 1. The van der Waals surface area contributed by atoms with Crippen molar-refractivity contribution in [2.45, 2.75) is 51.1 Å². The third-order valence-corrected chi connectivity index (χ3v) is 5.23.